The van der Waals surface area contributed by atoms with Crippen LogP contribution >= 0.6 is 0 Å². The summed E-state index contributed by atoms with van der Waals surface area (Å²) in [5, 5.41) is 13.9. The quantitative estimate of drug-likeness (QED) is 0.406. The van der Waals surface area contributed by atoms with Gasteiger partial charge >= 0.3 is 87.1 Å². The molecule has 0 heterocycles. The fourth-order valence-corrected chi connectivity index (χ4v) is 0. The van der Waals surface area contributed by atoms with E-state index in [0.717, 1.165) is 0 Å². The summed E-state index contributed by atoms with van der Waals surface area (Å²) < 4.78 is 0. The molecule has 0 aromatic heterocycles. The van der Waals surface area contributed by atoms with Crippen LogP contribution in [0.3, 0.4) is 0 Å². The average molecular weight is 126 g/mol. The number of rotatable bonds is 0. The Balaban J connectivity index is -0.0000000450. The maximum absolute atomic E-state index is 8.56. The standard InChI is InChI=1S/CH2O3.K.Na.2H/c2-1(3)4;;;;/h(H2,2,3,4);;;;. The minimum atomic E-state index is -1.83. The zero-order valence-corrected chi connectivity index (χ0v) is 1.80. The monoisotopic (exact) mass is 126 g/mol. The van der Waals surface area contributed by atoms with Crippen molar-refractivity contribution < 1.29 is 15.0 Å². The molecule has 0 aliphatic carbocycles. The van der Waals surface area contributed by atoms with Gasteiger partial charge in [0.2, 0.25) is 0 Å². The molecule has 0 atom stereocenters. The maximum atomic E-state index is 8.56. The van der Waals surface area contributed by atoms with E-state index in [2.05, 4.69) is 0 Å². The van der Waals surface area contributed by atoms with Gasteiger partial charge in [0.25, 0.3) is 0 Å². The van der Waals surface area contributed by atoms with Gasteiger partial charge in [-0.25, -0.2) is 4.79 Å². The third kappa shape index (κ3) is 39.1. The Morgan fingerprint density at radius 1 is 1.33 bits per heavy atom. The van der Waals surface area contributed by atoms with Gasteiger partial charge in [0.1, 0.15) is 0 Å². The molecule has 0 saturated heterocycles. The van der Waals surface area contributed by atoms with Gasteiger partial charge in [0.15, 0.2) is 0 Å². The van der Waals surface area contributed by atoms with Gasteiger partial charge in [0, 0.05) is 0 Å². The Bertz CT molecular complexity index is 33.8. The second-order valence-corrected chi connectivity index (χ2v) is 0.283. The van der Waals surface area contributed by atoms with E-state index < -0.39 is 6.16 Å². The molecular formula is CH4KNaO3. The summed E-state index contributed by atoms with van der Waals surface area (Å²) in [6.07, 6.45) is -1.83. The molecule has 0 aliphatic rings. The predicted molar refractivity (Wildman–Crippen MR) is 25.0 cm³/mol. The van der Waals surface area contributed by atoms with Crippen LogP contribution in [0.5, 0.6) is 0 Å². The summed E-state index contributed by atoms with van der Waals surface area (Å²) in [5.41, 5.74) is 0. The van der Waals surface area contributed by atoms with Crippen LogP contribution in [-0.2, 0) is 0 Å². The van der Waals surface area contributed by atoms with Crippen molar-refractivity contribution in [3.05, 3.63) is 0 Å². The molecule has 2 N–H and O–H groups in total. The molecule has 0 saturated carbocycles. The number of carboxylic acid groups (broad SMARTS) is 2. The first-order chi connectivity index (χ1) is 1.73. The molecule has 0 fully saturated rings. The van der Waals surface area contributed by atoms with Crippen LogP contribution in [0.25, 0.3) is 0 Å². The van der Waals surface area contributed by atoms with Crippen molar-refractivity contribution >= 4 is 87.1 Å². The molecule has 0 radical (unpaired) electrons. The summed E-state index contributed by atoms with van der Waals surface area (Å²) in [5.74, 6) is 0. The van der Waals surface area contributed by atoms with Crippen LogP contribution < -0.4 is 0 Å². The van der Waals surface area contributed by atoms with E-state index in [1.54, 1.807) is 0 Å². The second kappa shape index (κ2) is 10.0. The molecule has 0 unspecified atom stereocenters. The van der Waals surface area contributed by atoms with Crippen molar-refractivity contribution in [2.45, 2.75) is 0 Å². The Morgan fingerprint density at radius 2 is 1.33 bits per heavy atom. The Morgan fingerprint density at radius 3 is 1.33 bits per heavy atom. The van der Waals surface area contributed by atoms with Crippen LogP contribution in [0.1, 0.15) is 0 Å². The normalized spacial score (nSPS) is 4.00. The molecule has 0 aromatic rings. The fourth-order valence-electron chi connectivity index (χ4n) is 0. The molecule has 0 bridgehead atoms. The molecule has 6 heavy (non-hydrogen) atoms. The molecule has 28 valence electrons. The molecule has 0 spiro atoms. The Kier molecular flexibility index (Phi) is 26.1. The summed E-state index contributed by atoms with van der Waals surface area (Å²) in [6, 6.07) is 0. The zero-order valence-electron chi connectivity index (χ0n) is 1.80. The van der Waals surface area contributed by atoms with Crippen LogP contribution in [-0.4, -0.2) is 97.3 Å². The van der Waals surface area contributed by atoms with Gasteiger partial charge in [-0.2, -0.15) is 0 Å². The first-order valence-electron chi connectivity index (χ1n) is 0.651. The Hall–Kier alpha value is 1.91. The van der Waals surface area contributed by atoms with Crippen molar-refractivity contribution in [1.82, 2.24) is 0 Å². The fraction of sp³-hybridized carbons (Fsp3) is 0. The van der Waals surface area contributed by atoms with Gasteiger partial charge in [-0.3, -0.25) is 0 Å². The molecule has 0 amide bonds. The first kappa shape index (κ1) is 15.7. The summed E-state index contributed by atoms with van der Waals surface area (Å²) >= 11 is 0. The second-order valence-electron chi connectivity index (χ2n) is 0.283. The molecule has 0 aromatic carbocycles. The van der Waals surface area contributed by atoms with Gasteiger partial charge in [0.05, 0.1) is 0 Å². The van der Waals surface area contributed by atoms with Crippen molar-refractivity contribution in [1.29, 1.82) is 0 Å². The Labute approximate surface area is 99.8 Å². The van der Waals surface area contributed by atoms with Gasteiger partial charge in [-0.15, -0.1) is 0 Å². The third-order valence-corrected chi connectivity index (χ3v) is 0. The minimum absolute atomic E-state index is 0. The van der Waals surface area contributed by atoms with Gasteiger partial charge < -0.3 is 10.2 Å². The van der Waals surface area contributed by atoms with E-state index in [-0.39, 0.29) is 80.9 Å². The first-order valence-corrected chi connectivity index (χ1v) is 0.651. The van der Waals surface area contributed by atoms with Crippen molar-refractivity contribution in [2.75, 3.05) is 0 Å². The van der Waals surface area contributed by atoms with E-state index in [0.29, 0.717) is 0 Å². The number of carbonyl (C=O) groups is 1. The summed E-state index contributed by atoms with van der Waals surface area (Å²) in [6.45, 7) is 0. The summed E-state index contributed by atoms with van der Waals surface area (Å²) in [7, 11) is 0. The van der Waals surface area contributed by atoms with Gasteiger partial charge in [-0.1, -0.05) is 0 Å². The molecule has 3 nitrogen and oxygen atoms in total. The topological polar surface area (TPSA) is 57.5 Å². The van der Waals surface area contributed by atoms with Crippen molar-refractivity contribution in [3.63, 3.8) is 0 Å². The van der Waals surface area contributed by atoms with Crippen LogP contribution in [0.4, 0.5) is 4.79 Å². The van der Waals surface area contributed by atoms with Crippen LogP contribution in [0, 0.1) is 0 Å². The van der Waals surface area contributed by atoms with Crippen LogP contribution in [0.2, 0.25) is 0 Å². The molecule has 5 heteroatoms. The van der Waals surface area contributed by atoms with E-state index in [4.69, 9.17) is 15.0 Å². The van der Waals surface area contributed by atoms with E-state index in [9.17, 15) is 0 Å². The molecule has 0 aliphatic heterocycles. The average Bonchev–Trinajstić information content (AvgIpc) is 0.811. The van der Waals surface area contributed by atoms with Crippen molar-refractivity contribution in [2.24, 2.45) is 0 Å². The zero-order chi connectivity index (χ0) is 3.58. The van der Waals surface area contributed by atoms with E-state index >= 15 is 0 Å². The molecule has 0 rings (SSSR count). The molecular weight excluding hydrogens is 122 g/mol. The predicted octanol–water partition coefficient (Wildman–Crippen LogP) is -1.07. The third-order valence-electron chi connectivity index (χ3n) is 0. The van der Waals surface area contributed by atoms with Crippen LogP contribution in [0.15, 0.2) is 0 Å². The number of hydrogen-bond donors (Lipinski definition) is 2. The number of hydrogen-bond acceptors (Lipinski definition) is 1. The van der Waals surface area contributed by atoms with E-state index in [1.165, 1.54) is 0 Å². The van der Waals surface area contributed by atoms with Gasteiger partial charge in [-0.05, 0) is 0 Å². The summed E-state index contributed by atoms with van der Waals surface area (Å²) in [4.78, 5) is 8.56. The van der Waals surface area contributed by atoms with Crippen molar-refractivity contribution in [3.8, 4) is 0 Å². The van der Waals surface area contributed by atoms with E-state index in [1.807, 2.05) is 0 Å². The SMILES string of the molecule is O=C(O)O.[KH].[NaH].